The third-order valence-corrected chi connectivity index (χ3v) is 3.69. The molecule has 0 spiro atoms. The van der Waals surface area contributed by atoms with E-state index in [2.05, 4.69) is 38.0 Å². The number of carbonyl (C=O) groups is 1. The molecule has 124 valence electrons. The standard InChI is InChI=1S/C15H18IN3O4/c1-4-21-11-8-9(7-10(16)14(11)22-5-2)12-13(18-19-17-12)15(20)23-6-3/h7-8H,4-6H2,1-3H3,(H,17,18,19). The zero-order valence-corrected chi connectivity index (χ0v) is 15.3. The summed E-state index contributed by atoms with van der Waals surface area (Å²) in [7, 11) is 0. The van der Waals surface area contributed by atoms with E-state index >= 15 is 0 Å². The normalized spacial score (nSPS) is 10.4. The molecule has 0 amide bonds. The summed E-state index contributed by atoms with van der Waals surface area (Å²) in [5.41, 5.74) is 1.28. The van der Waals surface area contributed by atoms with Gasteiger partial charge in [-0.3, -0.25) is 0 Å². The molecule has 2 rings (SSSR count). The van der Waals surface area contributed by atoms with Gasteiger partial charge in [0.2, 0.25) is 0 Å². The van der Waals surface area contributed by atoms with Crippen LogP contribution in [0.15, 0.2) is 12.1 Å². The summed E-state index contributed by atoms with van der Waals surface area (Å²) in [6.07, 6.45) is 0. The fourth-order valence-electron chi connectivity index (χ4n) is 2.03. The van der Waals surface area contributed by atoms with Crippen LogP contribution >= 0.6 is 22.6 Å². The van der Waals surface area contributed by atoms with Crippen molar-refractivity contribution in [2.24, 2.45) is 0 Å². The summed E-state index contributed by atoms with van der Waals surface area (Å²) in [6.45, 7) is 6.86. The van der Waals surface area contributed by atoms with Crippen molar-refractivity contribution in [1.29, 1.82) is 0 Å². The van der Waals surface area contributed by atoms with E-state index in [0.717, 1.165) is 3.57 Å². The Kier molecular flexibility index (Phi) is 6.20. The molecule has 0 atom stereocenters. The molecule has 1 aromatic heterocycles. The summed E-state index contributed by atoms with van der Waals surface area (Å²) in [6, 6.07) is 3.66. The van der Waals surface area contributed by atoms with Crippen LogP contribution in [0.1, 0.15) is 31.3 Å². The van der Waals surface area contributed by atoms with E-state index < -0.39 is 5.97 Å². The van der Waals surface area contributed by atoms with Gasteiger partial charge in [0.25, 0.3) is 0 Å². The molecule has 1 N–H and O–H groups in total. The predicted molar refractivity (Wildman–Crippen MR) is 92.8 cm³/mol. The Labute approximate surface area is 147 Å². The SMILES string of the molecule is CCOC(=O)c1n[nH]nc1-c1cc(I)c(OCC)c(OCC)c1. The highest BCUT2D eigenvalue weighted by atomic mass is 127. The zero-order valence-electron chi connectivity index (χ0n) is 13.2. The van der Waals surface area contributed by atoms with E-state index in [1.54, 1.807) is 13.0 Å². The van der Waals surface area contributed by atoms with Crippen LogP contribution in [0.4, 0.5) is 0 Å². The van der Waals surface area contributed by atoms with Crippen molar-refractivity contribution >= 4 is 28.6 Å². The number of hydrogen-bond donors (Lipinski definition) is 1. The predicted octanol–water partition coefficient (Wildman–Crippen LogP) is 3.05. The minimum Gasteiger partial charge on any atom is -0.490 e. The van der Waals surface area contributed by atoms with Crippen LogP contribution in [0.3, 0.4) is 0 Å². The van der Waals surface area contributed by atoms with Gasteiger partial charge in [0, 0.05) is 5.56 Å². The molecule has 1 heterocycles. The molecule has 0 fully saturated rings. The van der Waals surface area contributed by atoms with Crippen molar-refractivity contribution in [3.8, 4) is 22.8 Å². The zero-order chi connectivity index (χ0) is 16.8. The smallest absolute Gasteiger partial charge is 0.361 e. The molecule has 0 bridgehead atoms. The molecule has 0 unspecified atom stereocenters. The number of nitrogens with one attached hydrogen (secondary N) is 1. The minimum atomic E-state index is -0.516. The van der Waals surface area contributed by atoms with Gasteiger partial charge in [-0.2, -0.15) is 10.3 Å². The summed E-state index contributed by atoms with van der Waals surface area (Å²) in [5, 5.41) is 10.4. The topological polar surface area (TPSA) is 86.3 Å². The first-order chi connectivity index (χ1) is 11.1. The number of aromatic amines is 1. The van der Waals surface area contributed by atoms with Crippen LogP contribution in [0.2, 0.25) is 0 Å². The van der Waals surface area contributed by atoms with Crippen LogP contribution in [0, 0.1) is 3.57 Å². The van der Waals surface area contributed by atoms with Crippen molar-refractivity contribution in [1.82, 2.24) is 15.4 Å². The molecule has 1 aromatic carbocycles. The van der Waals surface area contributed by atoms with Crippen LogP contribution in [0.25, 0.3) is 11.3 Å². The van der Waals surface area contributed by atoms with Gasteiger partial charge < -0.3 is 14.2 Å². The molecule has 23 heavy (non-hydrogen) atoms. The Balaban J connectivity index is 2.48. The van der Waals surface area contributed by atoms with Gasteiger partial charge in [-0.25, -0.2) is 4.79 Å². The van der Waals surface area contributed by atoms with E-state index in [0.29, 0.717) is 36.0 Å². The molecule has 0 aliphatic carbocycles. The molecule has 2 aromatic rings. The van der Waals surface area contributed by atoms with E-state index in [-0.39, 0.29) is 12.3 Å². The van der Waals surface area contributed by atoms with Crippen molar-refractivity contribution in [2.75, 3.05) is 19.8 Å². The number of carbonyl (C=O) groups excluding carboxylic acids is 1. The van der Waals surface area contributed by atoms with E-state index in [4.69, 9.17) is 14.2 Å². The molecule has 7 nitrogen and oxygen atoms in total. The number of hydrogen-bond acceptors (Lipinski definition) is 6. The molecule has 0 aliphatic rings. The third-order valence-electron chi connectivity index (χ3n) is 2.89. The Morgan fingerprint density at radius 1 is 1.13 bits per heavy atom. The number of halogens is 1. The van der Waals surface area contributed by atoms with Crippen molar-refractivity contribution in [2.45, 2.75) is 20.8 Å². The number of aromatic nitrogens is 3. The first kappa shape index (κ1) is 17.5. The maximum atomic E-state index is 12.0. The van der Waals surface area contributed by atoms with Gasteiger partial charge >= 0.3 is 5.97 Å². The fraction of sp³-hybridized carbons (Fsp3) is 0.400. The molecular formula is C15H18IN3O4. The van der Waals surface area contributed by atoms with Crippen molar-refractivity contribution in [3.05, 3.63) is 21.4 Å². The lowest BCUT2D eigenvalue weighted by Gasteiger charge is -2.14. The van der Waals surface area contributed by atoms with Crippen LogP contribution < -0.4 is 9.47 Å². The maximum Gasteiger partial charge on any atom is 0.361 e. The molecule has 0 radical (unpaired) electrons. The second-order valence-electron chi connectivity index (χ2n) is 4.39. The third kappa shape index (κ3) is 3.92. The summed E-state index contributed by atoms with van der Waals surface area (Å²) in [4.78, 5) is 12.0. The first-order valence-electron chi connectivity index (χ1n) is 7.29. The molecule has 0 aliphatic heterocycles. The number of rotatable bonds is 7. The van der Waals surface area contributed by atoms with Crippen LogP contribution in [-0.2, 0) is 4.74 Å². The number of benzene rings is 1. The minimum absolute atomic E-state index is 0.147. The van der Waals surface area contributed by atoms with Gasteiger partial charge in [0.15, 0.2) is 17.2 Å². The molecular weight excluding hydrogens is 413 g/mol. The summed E-state index contributed by atoms with van der Waals surface area (Å²) in [5.74, 6) is 0.770. The van der Waals surface area contributed by atoms with E-state index in [1.165, 1.54) is 0 Å². The number of ether oxygens (including phenoxy) is 3. The Bertz CT molecular complexity index is 687. The van der Waals surface area contributed by atoms with E-state index in [1.807, 2.05) is 19.9 Å². The maximum absolute atomic E-state index is 12.0. The quantitative estimate of drug-likeness (QED) is 0.536. The fourth-order valence-corrected chi connectivity index (χ4v) is 2.78. The van der Waals surface area contributed by atoms with Crippen molar-refractivity contribution < 1.29 is 19.0 Å². The van der Waals surface area contributed by atoms with Crippen molar-refractivity contribution in [3.63, 3.8) is 0 Å². The second kappa shape index (κ2) is 8.14. The van der Waals surface area contributed by atoms with Gasteiger partial charge in [-0.1, -0.05) is 0 Å². The second-order valence-corrected chi connectivity index (χ2v) is 5.55. The molecule has 0 saturated carbocycles. The van der Waals surface area contributed by atoms with Crippen LogP contribution in [0.5, 0.6) is 11.5 Å². The van der Waals surface area contributed by atoms with Gasteiger partial charge in [-0.05, 0) is 55.5 Å². The highest BCUT2D eigenvalue weighted by Crippen LogP contribution is 2.37. The lowest BCUT2D eigenvalue weighted by molar-refractivity contribution is 0.0520. The summed E-state index contributed by atoms with van der Waals surface area (Å²) < 4.78 is 17.2. The lowest BCUT2D eigenvalue weighted by Crippen LogP contribution is -2.07. The lowest BCUT2D eigenvalue weighted by atomic mass is 10.1. The number of esters is 1. The largest absolute Gasteiger partial charge is 0.490 e. The highest BCUT2D eigenvalue weighted by molar-refractivity contribution is 14.1. The monoisotopic (exact) mass is 431 g/mol. The van der Waals surface area contributed by atoms with Gasteiger partial charge in [-0.15, -0.1) is 5.10 Å². The van der Waals surface area contributed by atoms with E-state index in [9.17, 15) is 4.79 Å². The number of H-pyrrole nitrogens is 1. The molecule has 0 saturated heterocycles. The van der Waals surface area contributed by atoms with Crippen LogP contribution in [-0.4, -0.2) is 41.2 Å². The number of nitrogens with zero attached hydrogens (tertiary/aromatic N) is 2. The highest BCUT2D eigenvalue weighted by Gasteiger charge is 2.21. The Hall–Kier alpha value is -1.84. The average molecular weight is 431 g/mol. The Morgan fingerprint density at radius 2 is 1.87 bits per heavy atom. The average Bonchev–Trinajstić information content (AvgIpc) is 3.00. The Morgan fingerprint density at radius 3 is 2.52 bits per heavy atom. The molecule has 8 heteroatoms. The van der Waals surface area contributed by atoms with Gasteiger partial charge in [0.1, 0.15) is 5.69 Å². The first-order valence-corrected chi connectivity index (χ1v) is 8.37. The summed E-state index contributed by atoms with van der Waals surface area (Å²) >= 11 is 2.17. The van der Waals surface area contributed by atoms with Gasteiger partial charge in [0.05, 0.1) is 23.4 Å².